The molecule has 21 heavy (non-hydrogen) atoms. The van der Waals surface area contributed by atoms with Gasteiger partial charge in [0.15, 0.2) is 12.4 Å². The lowest BCUT2D eigenvalue weighted by Crippen LogP contribution is -2.49. The molecule has 126 valence electrons. The van der Waals surface area contributed by atoms with Gasteiger partial charge in [-0.2, -0.15) is 5.06 Å². The lowest BCUT2D eigenvalue weighted by atomic mass is 10.0. The van der Waals surface area contributed by atoms with Gasteiger partial charge in [0, 0.05) is 13.1 Å². The molecule has 0 aliphatic heterocycles. The van der Waals surface area contributed by atoms with Crippen LogP contribution < -0.4 is 0 Å². The number of carbonyl (C=O) groups excluding carboxylic acids is 1. The molecule has 0 heterocycles. The van der Waals surface area contributed by atoms with Crippen LogP contribution in [0.5, 0.6) is 0 Å². The fourth-order valence-corrected chi connectivity index (χ4v) is 1.76. The van der Waals surface area contributed by atoms with Crippen molar-refractivity contribution in [1.29, 1.82) is 0 Å². The molecule has 0 radical (unpaired) electrons. The summed E-state index contributed by atoms with van der Waals surface area (Å²) in [5.74, 6) is 0. The Morgan fingerprint density at radius 3 is 1.95 bits per heavy atom. The second-order valence-corrected chi connectivity index (χ2v) is 5.07. The van der Waals surface area contributed by atoms with Gasteiger partial charge in [0.2, 0.25) is 0 Å². The van der Waals surface area contributed by atoms with Crippen LogP contribution in [0.2, 0.25) is 0 Å². The molecule has 4 atom stereocenters. The summed E-state index contributed by atoms with van der Waals surface area (Å²) in [7, 11) is 0. The van der Waals surface area contributed by atoms with Crippen molar-refractivity contribution in [2.75, 3.05) is 19.7 Å². The summed E-state index contributed by atoms with van der Waals surface area (Å²) in [5, 5.41) is 39.2. The highest BCUT2D eigenvalue weighted by Gasteiger charge is 2.33. The summed E-state index contributed by atoms with van der Waals surface area (Å²) >= 11 is 0. The number of carbonyl (C=O) groups is 1. The molecule has 0 saturated carbocycles. The van der Waals surface area contributed by atoms with Crippen molar-refractivity contribution in [3.05, 3.63) is 0 Å². The Morgan fingerprint density at radius 2 is 1.57 bits per heavy atom. The van der Waals surface area contributed by atoms with Crippen molar-refractivity contribution in [1.82, 2.24) is 5.06 Å². The van der Waals surface area contributed by atoms with Gasteiger partial charge >= 0.3 is 0 Å². The smallest absolute Gasteiger partial charge is 0.163 e. The number of hydroxylamine groups is 2. The molecular weight excluding hydrogens is 278 g/mol. The zero-order valence-electron chi connectivity index (χ0n) is 12.9. The largest absolute Gasteiger partial charge is 0.394 e. The number of nitrogens with zero attached hydrogens (tertiary/aromatic N) is 1. The van der Waals surface area contributed by atoms with Gasteiger partial charge in [0.05, 0.1) is 6.61 Å². The number of rotatable bonds is 13. The molecule has 0 saturated heterocycles. The van der Waals surface area contributed by atoms with Crippen LogP contribution in [0.15, 0.2) is 0 Å². The normalized spacial score (nSPS) is 17.5. The summed E-state index contributed by atoms with van der Waals surface area (Å²) in [4.78, 5) is 16.5. The maximum absolute atomic E-state index is 11.1. The predicted octanol–water partition coefficient (Wildman–Crippen LogP) is -0.537. The Balaban J connectivity index is 4.61. The lowest BCUT2D eigenvalue weighted by Gasteiger charge is -2.30. The molecule has 0 aromatic carbocycles. The van der Waals surface area contributed by atoms with E-state index in [0.717, 1.165) is 25.7 Å². The van der Waals surface area contributed by atoms with Gasteiger partial charge in [-0.25, -0.2) is 0 Å². The number of aldehydes is 1. The topological polar surface area (TPSA) is 110 Å². The molecule has 0 aromatic rings. The maximum Gasteiger partial charge on any atom is 0.163 e. The molecule has 0 bridgehead atoms. The van der Waals surface area contributed by atoms with Gasteiger partial charge in [-0.3, -0.25) is 4.84 Å². The summed E-state index contributed by atoms with van der Waals surface area (Å²) in [5.41, 5.74) is 0. The average molecular weight is 307 g/mol. The van der Waals surface area contributed by atoms with Crippen molar-refractivity contribution in [3.63, 3.8) is 0 Å². The van der Waals surface area contributed by atoms with Crippen LogP contribution >= 0.6 is 0 Å². The monoisotopic (exact) mass is 307 g/mol. The summed E-state index contributed by atoms with van der Waals surface area (Å²) in [6.45, 7) is 4.59. The molecule has 0 spiro atoms. The van der Waals surface area contributed by atoms with E-state index in [1.807, 2.05) is 13.8 Å². The Morgan fingerprint density at radius 1 is 1.05 bits per heavy atom. The Kier molecular flexibility index (Phi) is 11.7. The van der Waals surface area contributed by atoms with Crippen LogP contribution in [0.4, 0.5) is 0 Å². The highest BCUT2D eigenvalue weighted by Crippen LogP contribution is 2.10. The van der Waals surface area contributed by atoms with Crippen molar-refractivity contribution in [2.24, 2.45) is 0 Å². The van der Waals surface area contributed by atoms with E-state index in [9.17, 15) is 20.1 Å². The zero-order chi connectivity index (χ0) is 16.3. The SMILES string of the molecule is CCCCN(CCCC)OC(C=O)C(O)C(O)C(O)CO. The van der Waals surface area contributed by atoms with Crippen molar-refractivity contribution in [2.45, 2.75) is 63.9 Å². The predicted molar refractivity (Wildman–Crippen MR) is 77.4 cm³/mol. The van der Waals surface area contributed by atoms with Crippen molar-refractivity contribution in [3.8, 4) is 0 Å². The molecule has 7 heteroatoms. The molecule has 0 fully saturated rings. The van der Waals surface area contributed by atoms with Crippen LogP contribution in [0, 0.1) is 0 Å². The van der Waals surface area contributed by atoms with E-state index >= 15 is 0 Å². The molecule has 0 aromatic heterocycles. The Labute approximate surface area is 126 Å². The number of hydrogen-bond acceptors (Lipinski definition) is 7. The van der Waals surface area contributed by atoms with E-state index < -0.39 is 31.0 Å². The summed E-state index contributed by atoms with van der Waals surface area (Å²) in [6, 6.07) is 0. The zero-order valence-corrected chi connectivity index (χ0v) is 12.9. The Hall–Kier alpha value is -0.570. The number of unbranched alkanes of at least 4 members (excludes halogenated alkanes) is 2. The third-order valence-corrected chi connectivity index (χ3v) is 3.19. The third-order valence-electron chi connectivity index (χ3n) is 3.19. The second kappa shape index (κ2) is 12.0. The van der Waals surface area contributed by atoms with Gasteiger partial charge in [0.25, 0.3) is 0 Å². The fraction of sp³-hybridized carbons (Fsp3) is 0.929. The van der Waals surface area contributed by atoms with E-state index in [-0.39, 0.29) is 0 Å². The average Bonchev–Trinajstić information content (AvgIpc) is 2.51. The molecule has 0 amide bonds. The van der Waals surface area contributed by atoms with Crippen LogP contribution in [0.1, 0.15) is 39.5 Å². The minimum absolute atomic E-state index is 0.392. The highest BCUT2D eigenvalue weighted by atomic mass is 16.7. The first kappa shape index (κ1) is 20.4. The van der Waals surface area contributed by atoms with Crippen LogP contribution in [-0.4, -0.2) is 75.9 Å². The Bertz CT molecular complexity index is 258. The van der Waals surface area contributed by atoms with Gasteiger partial charge < -0.3 is 25.2 Å². The molecule has 0 aliphatic carbocycles. The van der Waals surface area contributed by atoms with Crippen LogP contribution in [-0.2, 0) is 9.63 Å². The second-order valence-electron chi connectivity index (χ2n) is 5.07. The highest BCUT2D eigenvalue weighted by molar-refractivity contribution is 5.57. The van der Waals surface area contributed by atoms with E-state index in [2.05, 4.69) is 0 Å². The summed E-state index contributed by atoms with van der Waals surface area (Å²) in [6.07, 6.45) is -1.97. The lowest BCUT2D eigenvalue weighted by molar-refractivity contribution is -0.230. The fourth-order valence-electron chi connectivity index (χ4n) is 1.76. The van der Waals surface area contributed by atoms with Gasteiger partial charge in [-0.15, -0.1) is 0 Å². The molecular formula is C14H29NO6. The molecule has 4 N–H and O–H groups in total. The van der Waals surface area contributed by atoms with Gasteiger partial charge in [0.1, 0.15) is 18.3 Å². The minimum atomic E-state index is -1.65. The van der Waals surface area contributed by atoms with E-state index in [1.165, 1.54) is 0 Å². The molecule has 7 nitrogen and oxygen atoms in total. The first-order valence-electron chi connectivity index (χ1n) is 7.53. The van der Waals surface area contributed by atoms with Gasteiger partial charge in [-0.1, -0.05) is 26.7 Å². The minimum Gasteiger partial charge on any atom is -0.394 e. The number of aliphatic hydroxyl groups excluding tert-OH is 4. The van der Waals surface area contributed by atoms with Crippen LogP contribution in [0.3, 0.4) is 0 Å². The molecule has 0 aliphatic rings. The van der Waals surface area contributed by atoms with E-state index in [1.54, 1.807) is 5.06 Å². The first-order chi connectivity index (χ1) is 10.0. The summed E-state index contributed by atoms with van der Waals surface area (Å²) < 4.78 is 0. The van der Waals surface area contributed by atoms with Gasteiger partial charge in [-0.05, 0) is 12.8 Å². The standard InChI is InChI=1S/C14H29NO6/c1-3-5-7-15(8-6-4-2)21-12(10-17)14(20)13(19)11(18)9-16/h10-14,16,18-20H,3-9H2,1-2H3. The quantitative estimate of drug-likeness (QED) is 0.267. The third kappa shape index (κ3) is 7.85. The van der Waals surface area contributed by atoms with Crippen LogP contribution in [0.25, 0.3) is 0 Å². The van der Waals surface area contributed by atoms with Crippen molar-refractivity contribution >= 4 is 6.29 Å². The van der Waals surface area contributed by atoms with E-state index in [4.69, 9.17) is 9.94 Å². The number of aliphatic hydroxyl groups is 4. The number of hydrogen-bond donors (Lipinski definition) is 4. The van der Waals surface area contributed by atoms with E-state index in [0.29, 0.717) is 19.4 Å². The first-order valence-corrected chi connectivity index (χ1v) is 7.53. The van der Waals surface area contributed by atoms with Crippen molar-refractivity contribution < 1.29 is 30.1 Å². The maximum atomic E-state index is 11.1. The molecule has 4 unspecified atom stereocenters. The molecule has 0 rings (SSSR count).